The van der Waals surface area contributed by atoms with Crippen LogP contribution in [0.1, 0.15) is 18.4 Å². The van der Waals surface area contributed by atoms with Crippen LogP contribution in [-0.4, -0.2) is 55.2 Å². The molecule has 2 heterocycles. The summed E-state index contributed by atoms with van der Waals surface area (Å²) < 4.78 is 6.26. The first-order chi connectivity index (χ1) is 14.2. The fourth-order valence-electron chi connectivity index (χ4n) is 3.96. The molecular weight excluding hydrogens is 382 g/mol. The van der Waals surface area contributed by atoms with Crippen molar-refractivity contribution in [2.24, 2.45) is 0 Å². The molecule has 1 aromatic heterocycles. The number of aromatic nitrogens is 1. The number of benzene rings is 2. The zero-order valence-corrected chi connectivity index (χ0v) is 17.6. The second-order valence-electron chi connectivity index (χ2n) is 7.47. The van der Waals surface area contributed by atoms with Gasteiger partial charge in [-0.25, -0.2) is 4.98 Å². The predicted molar refractivity (Wildman–Crippen MR) is 119 cm³/mol. The lowest BCUT2D eigenvalue weighted by atomic mass is 10.0. The van der Waals surface area contributed by atoms with Crippen LogP contribution in [0.2, 0.25) is 0 Å². The molecule has 2 aromatic carbocycles. The van der Waals surface area contributed by atoms with Gasteiger partial charge in [0.15, 0.2) is 5.13 Å². The highest BCUT2D eigenvalue weighted by Gasteiger charge is 2.31. The van der Waals surface area contributed by atoms with E-state index in [1.807, 2.05) is 23.1 Å². The van der Waals surface area contributed by atoms with Crippen molar-refractivity contribution in [3.63, 3.8) is 0 Å². The van der Waals surface area contributed by atoms with Crippen LogP contribution in [0.4, 0.5) is 5.13 Å². The van der Waals surface area contributed by atoms with Crippen molar-refractivity contribution in [1.29, 1.82) is 0 Å². The van der Waals surface area contributed by atoms with E-state index >= 15 is 0 Å². The number of likely N-dealkylation sites (tertiary alicyclic amines) is 1. The van der Waals surface area contributed by atoms with Gasteiger partial charge in [-0.2, -0.15) is 0 Å². The Morgan fingerprint density at radius 2 is 1.86 bits per heavy atom. The van der Waals surface area contributed by atoms with E-state index in [0.717, 1.165) is 54.2 Å². The average molecular weight is 410 g/mol. The highest BCUT2D eigenvalue weighted by molar-refractivity contribution is 7.22. The molecule has 152 valence electrons. The number of ether oxygens (including phenoxy) is 1. The van der Waals surface area contributed by atoms with Gasteiger partial charge < -0.3 is 9.64 Å². The Morgan fingerprint density at radius 3 is 2.59 bits per heavy atom. The van der Waals surface area contributed by atoms with E-state index in [-0.39, 0.29) is 18.6 Å². The summed E-state index contributed by atoms with van der Waals surface area (Å²) in [5.41, 5.74) is 2.32. The summed E-state index contributed by atoms with van der Waals surface area (Å²) in [6, 6.07) is 18.8. The molecule has 1 amide bonds. The first kappa shape index (κ1) is 20.0. The molecule has 0 atom stereocenters. The predicted octanol–water partition coefficient (Wildman–Crippen LogP) is 3.98. The SMILES string of the molecule is COCC(=O)N(c1nc2ccccc2s1)C1CCN(CCc2ccccc2)CC1. The summed E-state index contributed by atoms with van der Waals surface area (Å²) in [6.07, 6.45) is 2.98. The molecule has 1 saturated heterocycles. The normalized spacial score (nSPS) is 15.6. The number of para-hydroxylation sites is 1. The Hall–Kier alpha value is -2.28. The molecule has 0 radical (unpaired) electrons. The van der Waals surface area contributed by atoms with Gasteiger partial charge in [-0.1, -0.05) is 53.8 Å². The maximum atomic E-state index is 12.9. The minimum Gasteiger partial charge on any atom is -0.375 e. The summed E-state index contributed by atoms with van der Waals surface area (Å²) in [6.45, 7) is 3.15. The summed E-state index contributed by atoms with van der Waals surface area (Å²) in [7, 11) is 1.57. The molecular formula is C23H27N3O2S. The molecule has 1 fully saturated rings. The first-order valence-electron chi connectivity index (χ1n) is 10.2. The largest absolute Gasteiger partial charge is 0.375 e. The second-order valence-corrected chi connectivity index (χ2v) is 8.48. The fraction of sp³-hybridized carbons (Fsp3) is 0.391. The van der Waals surface area contributed by atoms with E-state index in [0.29, 0.717) is 0 Å². The summed E-state index contributed by atoms with van der Waals surface area (Å²) in [5, 5.41) is 0.788. The lowest BCUT2D eigenvalue weighted by Gasteiger charge is -2.37. The van der Waals surface area contributed by atoms with Crippen molar-refractivity contribution in [3.8, 4) is 0 Å². The highest BCUT2D eigenvalue weighted by Crippen LogP contribution is 2.32. The van der Waals surface area contributed by atoms with E-state index in [2.05, 4.69) is 41.3 Å². The number of amides is 1. The lowest BCUT2D eigenvalue weighted by molar-refractivity contribution is -0.122. The summed E-state index contributed by atoms with van der Waals surface area (Å²) in [5.74, 6) is -0.00529. The van der Waals surface area contributed by atoms with Crippen molar-refractivity contribution < 1.29 is 9.53 Å². The smallest absolute Gasteiger partial charge is 0.255 e. The summed E-state index contributed by atoms with van der Waals surface area (Å²) >= 11 is 1.59. The number of methoxy groups -OCH3 is 1. The van der Waals surface area contributed by atoms with Crippen LogP contribution in [0.5, 0.6) is 0 Å². The van der Waals surface area contributed by atoms with Crippen LogP contribution in [-0.2, 0) is 16.0 Å². The van der Waals surface area contributed by atoms with Crippen molar-refractivity contribution in [3.05, 3.63) is 60.2 Å². The van der Waals surface area contributed by atoms with Gasteiger partial charge in [-0.15, -0.1) is 0 Å². The molecule has 1 aliphatic rings. The molecule has 6 heteroatoms. The van der Waals surface area contributed by atoms with Gasteiger partial charge >= 0.3 is 0 Å². The first-order valence-corrected chi connectivity index (χ1v) is 11.0. The number of carbonyl (C=O) groups is 1. The third kappa shape index (κ3) is 4.83. The molecule has 5 nitrogen and oxygen atoms in total. The van der Waals surface area contributed by atoms with E-state index < -0.39 is 0 Å². The lowest BCUT2D eigenvalue weighted by Crippen LogP contribution is -2.49. The number of thiazole rings is 1. The van der Waals surface area contributed by atoms with E-state index in [9.17, 15) is 4.79 Å². The number of rotatable bonds is 7. The van der Waals surface area contributed by atoms with Crippen LogP contribution in [0.25, 0.3) is 10.2 Å². The molecule has 1 aliphatic heterocycles. The van der Waals surface area contributed by atoms with Gasteiger partial charge in [-0.3, -0.25) is 9.69 Å². The van der Waals surface area contributed by atoms with Crippen LogP contribution >= 0.6 is 11.3 Å². The van der Waals surface area contributed by atoms with Crippen LogP contribution in [0, 0.1) is 0 Å². The standard InChI is InChI=1S/C23H27N3O2S/c1-28-17-22(27)26(23-24-20-9-5-6-10-21(20)29-23)19-12-15-25(16-13-19)14-11-18-7-3-2-4-8-18/h2-10,19H,11-17H2,1H3. The number of carbonyl (C=O) groups excluding carboxylic acids is 1. The van der Waals surface area contributed by atoms with Gasteiger partial charge in [0.05, 0.1) is 10.2 Å². The molecule has 0 unspecified atom stereocenters. The third-order valence-corrected chi connectivity index (χ3v) is 6.54. The zero-order chi connectivity index (χ0) is 20.1. The van der Waals surface area contributed by atoms with E-state index in [1.54, 1.807) is 18.4 Å². The van der Waals surface area contributed by atoms with Crippen LogP contribution in [0.15, 0.2) is 54.6 Å². The molecule has 3 aromatic rings. The average Bonchev–Trinajstić information content (AvgIpc) is 3.18. The molecule has 0 bridgehead atoms. The quantitative estimate of drug-likeness (QED) is 0.592. The molecule has 0 aliphatic carbocycles. The Balaban J connectivity index is 1.43. The van der Waals surface area contributed by atoms with E-state index in [4.69, 9.17) is 9.72 Å². The molecule has 29 heavy (non-hydrogen) atoms. The Kier molecular flexibility index (Phi) is 6.54. The van der Waals surface area contributed by atoms with Gasteiger partial charge in [-0.05, 0) is 37.0 Å². The van der Waals surface area contributed by atoms with Gasteiger partial charge in [0, 0.05) is 32.8 Å². The van der Waals surface area contributed by atoms with Gasteiger partial charge in [0.2, 0.25) is 0 Å². The minimum atomic E-state index is -0.00529. The zero-order valence-electron chi connectivity index (χ0n) is 16.8. The number of anilines is 1. The van der Waals surface area contributed by atoms with E-state index in [1.165, 1.54) is 5.56 Å². The molecule has 0 spiro atoms. The maximum absolute atomic E-state index is 12.9. The topological polar surface area (TPSA) is 45.7 Å². The minimum absolute atomic E-state index is 0.00529. The Bertz CT molecular complexity index is 902. The van der Waals surface area contributed by atoms with Crippen LogP contribution in [0.3, 0.4) is 0 Å². The number of hydrogen-bond donors (Lipinski definition) is 0. The fourth-order valence-corrected chi connectivity index (χ4v) is 5.01. The van der Waals surface area contributed by atoms with Gasteiger partial charge in [0.1, 0.15) is 6.61 Å². The third-order valence-electron chi connectivity index (χ3n) is 5.51. The number of nitrogens with zero attached hydrogens (tertiary/aromatic N) is 3. The number of piperidine rings is 1. The number of fused-ring (bicyclic) bond motifs is 1. The van der Waals surface area contributed by atoms with Gasteiger partial charge in [0.25, 0.3) is 5.91 Å². The van der Waals surface area contributed by atoms with Crippen molar-refractivity contribution in [1.82, 2.24) is 9.88 Å². The molecule has 0 N–H and O–H groups in total. The molecule has 4 rings (SSSR count). The maximum Gasteiger partial charge on any atom is 0.255 e. The van der Waals surface area contributed by atoms with Crippen molar-refractivity contribution in [2.75, 3.05) is 38.3 Å². The summed E-state index contributed by atoms with van der Waals surface area (Å²) in [4.78, 5) is 22.0. The molecule has 0 saturated carbocycles. The monoisotopic (exact) mass is 409 g/mol. The number of hydrogen-bond acceptors (Lipinski definition) is 5. The van der Waals surface area contributed by atoms with Crippen LogP contribution < -0.4 is 4.90 Å². The Labute approximate surface area is 175 Å². The Morgan fingerprint density at radius 1 is 1.14 bits per heavy atom. The van der Waals surface area contributed by atoms with Crippen molar-refractivity contribution >= 4 is 32.6 Å². The second kappa shape index (κ2) is 9.48. The highest BCUT2D eigenvalue weighted by atomic mass is 32.1. The van der Waals surface area contributed by atoms with Crippen molar-refractivity contribution in [2.45, 2.75) is 25.3 Å².